The molecule has 2 fully saturated rings. The van der Waals surface area contributed by atoms with E-state index in [2.05, 4.69) is 25.3 Å². The second kappa shape index (κ2) is 9.10. The first-order chi connectivity index (χ1) is 15.7. The zero-order chi connectivity index (χ0) is 21.9. The number of amides is 1. The Balaban J connectivity index is 1.10. The van der Waals surface area contributed by atoms with Gasteiger partial charge in [-0.2, -0.15) is 10.1 Å². The summed E-state index contributed by atoms with van der Waals surface area (Å²) in [4.78, 5) is 23.7. The van der Waals surface area contributed by atoms with E-state index in [9.17, 15) is 4.79 Å². The van der Waals surface area contributed by atoms with Crippen molar-refractivity contribution in [3.63, 3.8) is 0 Å². The Hall–Kier alpha value is -3.23. The van der Waals surface area contributed by atoms with Crippen LogP contribution in [0.15, 0.2) is 28.8 Å². The maximum absolute atomic E-state index is 12.7. The van der Waals surface area contributed by atoms with Crippen molar-refractivity contribution in [3.8, 4) is 17.1 Å². The Labute approximate surface area is 186 Å². The van der Waals surface area contributed by atoms with Crippen molar-refractivity contribution in [1.29, 1.82) is 0 Å². The fraction of sp³-hybridized carbons (Fsp3) is 0.522. The molecule has 168 valence electrons. The normalized spacial score (nSPS) is 17.0. The van der Waals surface area contributed by atoms with Crippen molar-refractivity contribution in [1.82, 2.24) is 30.2 Å². The lowest BCUT2D eigenvalue weighted by Gasteiger charge is -2.31. The van der Waals surface area contributed by atoms with Crippen molar-refractivity contribution in [3.05, 3.63) is 41.8 Å². The maximum atomic E-state index is 12.7. The van der Waals surface area contributed by atoms with Crippen LogP contribution >= 0.6 is 0 Å². The number of carbonyl (C=O) groups excluding carboxylic acids is 1. The number of nitrogens with zero attached hydrogens (tertiary/aromatic N) is 5. The van der Waals surface area contributed by atoms with Crippen LogP contribution in [0, 0.1) is 0 Å². The zero-order valence-corrected chi connectivity index (χ0v) is 18.3. The molecule has 9 heteroatoms. The molecule has 2 aromatic heterocycles. The van der Waals surface area contributed by atoms with Crippen molar-refractivity contribution < 1.29 is 14.1 Å². The number of likely N-dealkylation sites (tertiary alicyclic amines) is 1. The lowest BCUT2D eigenvalue weighted by molar-refractivity contribution is -0.132. The number of piperidine rings is 1. The van der Waals surface area contributed by atoms with Gasteiger partial charge in [0.1, 0.15) is 11.6 Å². The van der Waals surface area contributed by atoms with Crippen LogP contribution in [0.1, 0.15) is 68.4 Å². The summed E-state index contributed by atoms with van der Waals surface area (Å²) < 4.78 is 10.8. The van der Waals surface area contributed by atoms with Crippen molar-refractivity contribution in [2.45, 2.75) is 57.3 Å². The molecule has 0 bridgehead atoms. The van der Waals surface area contributed by atoms with Gasteiger partial charge in [-0.1, -0.05) is 5.16 Å². The average molecular weight is 437 g/mol. The summed E-state index contributed by atoms with van der Waals surface area (Å²) in [6.07, 6.45) is 5.03. The highest BCUT2D eigenvalue weighted by molar-refractivity contribution is 5.76. The number of aromatic nitrogens is 5. The van der Waals surface area contributed by atoms with E-state index in [0.717, 1.165) is 48.9 Å². The fourth-order valence-electron chi connectivity index (χ4n) is 4.11. The number of carbonyl (C=O) groups is 1. The van der Waals surface area contributed by atoms with Gasteiger partial charge in [-0.15, -0.1) is 0 Å². The minimum atomic E-state index is 0.125. The Morgan fingerprint density at radius 2 is 1.91 bits per heavy atom. The van der Waals surface area contributed by atoms with E-state index in [1.165, 1.54) is 12.8 Å². The second-order valence-electron chi connectivity index (χ2n) is 8.48. The van der Waals surface area contributed by atoms with Crippen LogP contribution in [-0.2, 0) is 11.2 Å². The van der Waals surface area contributed by atoms with Gasteiger partial charge in [0, 0.05) is 43.3 Å². The van der Waals surface area contributed by atoms with Gasteiger partial charge < -0.3 is 14.2 Å². The van der Waals surface area contributed by atoms with Gasteiger partial charge in [-0.05, 0) is 56.9 Å². The Morgan fingerprint density at radius 3 is 2.62 bits per heavy atom. The summed E-state index contributed by atoms with van der Waals surface area (Å²) in [7, 11) is 0. The molecule has 1 saturated heterocycles. The molecule has 1 saturated carbocycles. The number of ether oxygens (including phenoxy) is 1. The highest BCUT2D eigenvalue weighted by Gasteiger charge is 2.30. The highest BCUT2D eigenvalue weighted by atomic mass is 16.5. The van der Waals surface area contributed by atoms with E-state index >= 15 is 0 Å². The third-order valence-electron chi connectivity index (χ3n) is 6.14. The van der Waals surface area contributed by atoms with E-state index < -0.39 is 0 Å². The largest absolute Gasteiger partial charge is 0.494 e. The quantitative estimate of drug-likeness (QED) is 0.576. The Morgan fingerprint density at radius 1 is 1.12 bits per heavy atom. The molecule has 3 aromatic rings. The first kappa shape index (κ1) is 20.7. The molecule has 2 aliphatic rings. The summed E-state index contributed by atoms with van der Waals surface area (Å²) >= 11 is 0. The first-order valence-electron chi connectivity index (χ1n) is 11.5. The lowest BCUT2D eigenvalue weighted by Crippen LogP contribution is -2.38. The minimum Gasteiger partial charge on any atom is -0.494 e. The number of benzene rings is 1. The third kappa shape index (κ3) is 4.66. The fourth-order valence-corrected chi connectivity index (χ4v) is 4.11. The molecule has 1 aliphatic heterocycles. The van der Waals surface area contributed by atoms with Crippen LogP contribution in [0.2, 0.25) is 0 Å². The molecule has 0 spiro atoms. The van der Waals surface area contributed by atoms with Crippen molar-refractivity contribution in [2.24, 2.45) is 0 Å². The minimum absolute atomic E-state index is 0.125. The molecule has 9 nitrogen and oxygen atoms in total. The van der Waals surface area contributed by atoms with E-state index in [-0.39, 0.29) is 5.91 Å². The maximum Gasteiger partial charge on any atom is 0.227 e. The summed E-state index contributed by atoms with van der Waals surface area (Å²) in [5, 5.41) is 11.5. The van der Waals surface area contributed by atoms with Gasteiger partial charge >= 0.3 is 0 Å². The molecule has 32 heavy (non-hydrogen) atoms. The molecule has 1 aliphatic carbocycles. The van der Waals surface area contributed by atoms with Gasteiger partial charge in [0.15, 0.2) is 5.82 Å². The van der Waals surface area contributed by atoms with Crippen LogP contribution in [-0.4, -0.2) is 55.8 Å². The SMILES string of the molecule is CCOc1ccc(-c2noc(CCC(=O)N3CCC(c4nc(C5CC5)n[nH]4)CC3)n2)cc1. The van der Waals surface area contributed by atoms with Gasteiger partial charge in [0.25, 0.3) is 0 Å². The molecular weight excluding hydrogens is 408 g/mol. The lowest BCUT2D eigenvalue weighted by atomic mass is 9.96. The topological polar surface area (TPSA) is 110 Å². The standard InChI is InChI=1S/C23H28N6O3/c1-2-31-18-7-5-16(6-8-18)23-24-19(32-28-23)9-10-20(30)29-13-11-17(12-14-29)22-25-21(26-27-22)15-3-4-15/h5-8,15,17H,2-4,9-14H2,1H3,(H,25,26,27). The molecule has 1 N–H and O–H groups in total. The first-order valence-corrected chi connectivity index (χ1v) is 11.5. The summed E-state index contributed by atoms with van der Waals surface area (Å²) in [6, 6.07) is 7.56. The van der Waals surface area contributed by atoms with E-state index in [0.29, 0.717) is 43.0 Å². The molecule has 3 heterocycles. The van der Waals surface area contributed by atoms with Crippen LogP contribution in [0.4, 0.5) is 0 Å². The van der Waals surface area contributed by atoms with Gasteiger partial charge in [-0.25, -0.2) is 4.98 Å². The van der Waals surface area contributed by atoms with Crippen molar-refractivity contribution >= 4 is 5.91 Å². The summed E-state index contributed by atoms with van der Waals surface area (Å²) in [5.74, 6) is 4.78. The molecule has 0 unspecified atom stereocenters. The molecule has 0 atom stereocenters. The van der Waals surface area contributed by atoms with Gasteiger partial charge in [0.2, 0.25) is 17.6 Å². The van der Waals surface area contributed by atoms with Crippen LogP contribution in [0.25, 0.3) is 11.4 Å². The van der Waals surface area contributed by atoms with E-state index in [1.807, 2.05) is 36.1 Å². The van der Waals surface area contributed by atoms with Gasteiger partial charge in [-0.3, -0.25) is 9.89 Å². The number of rotatable bonds is 8. The van der Waals surface area contributed by atoms with E-state index in [1.54, 1.807) is 0 Å². The van der Waals surface area contributed by atoms with Gasteiger partial charge in [0.05, 0.1) is 6.61 Å². The Kier molecular flexibility index (Phi) is 5.87. The number of hydrogen-bond acceptors (Lipinski definition) is 7. The highest BCUT2D eigenvalue weighted by Crippen LogP contribution is 2.38. The molecule has 5 rings (SSSR count). The number of H-pyrrole nitrogens is 1. The number of aromatic amines is 1. The van der Waals surface area contributed by atoms with Crippen LogP contribution < -0.4 is 4.74 Å². The summed E-state index contributed by atoms with van der Waals surface area (Å²) in [5.41, 5.74) is 0.856. The molecular formula is C23H28N6O3. The predicted molar refractivity (Wildman–Crippen MR) is 116 cm³/mol. The summed E-state index contributed by atoms with van der Waals surface area (Å²) in [6.45, 7) is 4.05. The Bertz CT molecular complexity index is 1050. The third-order valence-corrected chi connectivity index (χ3v) is 6.14. The number of nitrogens with one attached hydrogen (secondary N) is 1. The van der Waals surface area contributed by atoms with Crippen LogP contribution in [0.5, 0.6) is 5.75 Å². The second-order valence-corrected chi connectivity index (χ2v) is 8.48. The molecule has 0 radical (unpaired) electrons. The van der Waals surface area contributed by atoms with Crippen LogP contribution in [0.3, 0.4) is 0 Å². The number of aryl methyl sites for hydroxylation is 1. The van der Waals surface area contributed by atoms with Crippen molar-refractivity contribution in [2.75, 3.05) is 19.7 Å². The molecule has 1 aromatic carbocycles. The smallest absolute Gasteiger partial charge is 0.227 e. The van der Waals surface area contributed by atoms with E-state index in [4.69, 9.17) is 9.26 Å². The monoisotopic (exact) mass is 436 g/mol. The molecule has 1 amide bonds. The predicted octanol–water partition coefficient (Wildman–Crippen LogP) is 3.47. The zero-order valence-electron chi connectivity index (χ0n) is 18.3. The average Bonchev–Trinajstić information content (AvgIpc) is 3.36. The number of hydrogen-bond donors (Lipinski definition) is 1.